The fourth-order valence-corrected chi connectivity index (χ4v) is 3.38. The molecule has 5 unspecified atom stereocenters. The van der Waals surface area contributed by atoms with Crippen LogP contribution in [-0.2, 0) is 0 Å². The maximum absolute atomic E-state index is 9.83. The van der Waals surface area contributed by atoms with Gasteiger partial charge in [0.25, 0.3) is 0 Å². The Morgan fingerprint density at radius 3 is 2.71 bits per heavy atom. The van der Waals surface area contributed by atoms with Gasteiger partial charge >= 0.3 is 0 Å². The van der Waals surface area contributed by atoms with Gasteiger partial charge in [-0.25, -0.2) is 0 Å². The Kier molecular flexibility index (Phi) is 4.45. The summed E-state index contributed by atoms with van der Waals surface area (Å²) in [6, 6.07) is 1.31. The van der Waals surface area contributed by atoms with Gasteiger partial charge in [-0.3, -0.25) is 0 Å². The zero-order valence-electron chi connectivity index (χ0n) is 11.5. The molecule has 17 heavy (non-hydrogen) atoms. The van der Waals surface area contributed by atoms with Crippen molar-refractivity contribution < 1.29 is 5.11 Å². The molecule has 0 radical (unpaired) electrons. The van der Waals surface area contributed by atoms with Gasteiger partial charge in [-0.2, -0.15) is 0 Å². The topological polar surface area (TPSA) is 35.5 Å². The van der Waals surface area contributed by atoms with E-state index in [2.05, 4.69) is 31.1 Å². The number of piperidine rings is 1. The van der Waals surface area contributed by atoms with Crippen molar-refractivity contribution in [1.29, 1.82) is 0 Å². The molecule has 1 saturated carbocycles. The van der Waals surface area contributed by atoms with Gasteiger partial charge in [0.1, 0.15) is 0 Å². The first kappa shape index (κ1) is 13.3. The van der Waals surface area contributed by atoms with E-state index in [1.165, 1.54) is 25.8 Å². The number of aliphatic hydroxyl groups is 1. The van der Waals surface area contributed by atoms with E-state index in [9.17, 15) is 5.11 Å². The number of hydrogen-bond acceptors (Lipinski definition) is 3. The van der Waals surface area contributed by atoms with Crippen molar-refractivity contribution in [3.05, 3.63) is 0 Å². The lowest BCUT2D eigenvalue weighted by atomic mass is 9.89. The Balaban J connectivity index is 1.78. The van der Waals surface area contributed by atoms with E-state index >= 15 is 0 Å². The molecule has 0 aromatic carbocycles. The summed E-state index contributed by atoms with van der Waals surface area (Å²) in [5, 5.41) is 13.5. The van der Waals surface area contributed by atoms with Crippen LogP contribution in [0.2, 0.25) is 0 Å². The highest BCUT2D eigenvalue weighted by atomic mass is 16.3. The molecule has 0 spiro atoms. The first-order chi connectivity index (χ1) is 8.08. The third-order valence-corrected chi connectivity index (χ3v) is 4.87. The van der Waals surface area contributed by atoms with Crippen molar-refractivity contribution in [3.8, 4) is 0 Å². The number of nitrogens with zero attached hydrogens (tertiary/aromatic N) is 1. The van der Waals surface area contributed by atoms with Gasteiger partial charge in [0.05, 0.1) is 6.10 Å². The van der Waals surface area contributed by atoms with Crippen LogP contribution in [0.15, 0.2) is 0 Å². The van der Waals surface area contributed by atoms with Crippen LogP contribution in [0.5, 0.6) is 0 Å². The van der Waals surface area contributed by atoms with E-state index in [0.717, 1.165) is 18.9 Å². The van der Waals surface area contributed by atoms with Gasteiger partial charge in [0.2, 0.25) is 0 Å². The summed E-state index contributed by atoms with van der Waals surface area (Å²) in [5.41, 5.74) is 0. The highest BCUT2D eigenvalue weighted by molar-refractivity contribution is 4.88. The van der Waals surface area contributed by atoms with E-state index in [4.69, 9.17) is 0 Å². The summed E-state index contributed by atoms with van der Waals surface area (Å²) >= 11 is 0. The molecule has 1 heterocycles. The van der Waals surface area contributed by atoms with Crippen molar-refractivity contribution in [2.24, 2.45) is 11.8 Å². The van der Waals surface area contributed by atoms with Gasteiger partial charge in [0, 0.05) is 25.2 Å². The average molecular weight is 240 g/mol. The predicted octanol–water partition coefficient (Wildman–Crippen LogP) is 1.47. The summed E-state index contributed by atoms with van der Waals surface area (Å²) in [6.45, 7) is 6.84. The normalized spacial score (nSPS) is 44.1. The molecule has 1 saturated heterocycles. The maximum atomic E-state index is 9.83. The second-order valence-electron chi connectivity index (χ2n) is 6.27. The van der Waals surface area contributed by atoms with Crippen molar-refractivity contribution in [2.75, 3.05) is 20.1 Å². The molecular formula is C14H28N2O. The van der Waals surface area contributed by atoms with Gasteiger partial charge in [-0.1, -0.05) is 13.3 Å². The second kappa shape index (κ2) is 5.68. The Hall–Kier alpha value is -0.120. The zero-order valence-corrected chi connectivity index (χ0v) is 11.5. The van der Waals surface area contributed by atoms with Crippen LogP contribution < -0.4 is 5.32 Å². The van der Waals surface area contributed by atoms with E-state index in [1.54, 1.807) is 0 Å². The molecule has 0 amide bonds. The van der Waals surface area contributed by atoms with Crippen LogP contribution in [0, 0.1) is 11.8 Å². The van der Waals surface area contributed by atoms with Crippen LogP contribution in [0.3, 0.4) is 0 Å². The molecule has 1 aliphatic heterocycles. The monoisotopic (exact) mass is 240 g/mol. The third-order valence-electron chi connectivity index (χ3n) is 4.87. The number of rotatable bonds is 3. The van der Waals surface area contributed by atoms with Crippen LogP contribution in [0.1, 0.15) is 39.5 Å². The average Bonchev–Trinajstić information content (AvgIpc) is 2.68. The molecule has 2 fully saturated rings. The first-order valence-corrected chi connectivity index (χ1v) is 7.19. The van der Waals surface area contributed by atoms with E-state index in [1.807, 2.05) is 0 Å². The first-order valence-electron chi connectivity index (χ1n) is 7.19. The largest absolute Gasteiger partial charge is 0.393 e. The minimum atomic E-state index is -0.0542. The van der Waals surface area contributed by atoms with Gasteiger partial charge in [-0.05, 0) is 45.1 Å². The van der Waals surface area contributed by atoms with E-state index < -0.39 is 0 Å². The Labute approximate surface area is 106 Å². The molecule has 1 aliphatic carbocycles. The lowest BCUT2D eigenvalue weighted by Gasteiger charge is -2.40. The van der Waals surface area contributed by atoms with Crippen LogP contribution in [0.4, 0.5) is 0 Å². The summed E-state index contributed by atoms with van der Waals surface area (Å²) in [5.74, 6) is 1.21. The minimum Gasteiger partial charge on any atom is -0.393 e. The smallest absolute Gasteiger partial charge is 0.0580 e. The molecule has 0 bridgehead atoms. The summed E-state index contributed by atoms with van der Waals surface area (Å²) < 4.78 is 0. The quantitative estimate of drug-likeness (QED) is 0.784. The highest BCUT2D eigenvalue weighted by Gasteiger charge is 2.31. The maximum Gasteiger partial charge on any atom is 0.0580 e. The van der Waals surface area contributed by atoms with Crippen molar-refractivity contribution in [3.63, 3.8) is 0 Å². The van der Waals surface area contributed by atoms with Crippen molar-refractivity contribution in [1.82, 2.24) is 10.2 Å². The van der Waals surface area contributed by atoms with Crippen molar-refractivity contribution >= 4 is 0 Å². The predicted molar refractivity (Wildman–Crippen MR) is 71.0 cm³/mol. The fraction of sp³-hybridized carbons (Fsp3) is 1.00. The van der Waals surface area contributed by atoms with Gasteiger partial charge < -0.3 is 15.3 Å². The summed E-state index contributed by atoms with van der Waals surface area (Å²) in [6.07, 6.45) is 4.59. The molecule has 0 aromatic rings. The summed E-state index contributed by atoms with van der Waals surface area (Å²) in [4.78, 5) is 2.45. The lowest BCUT2D eigenvalue weighted by Crippen LogP contribution is -2.51. The molecule has 5 atom stereocenters. The molecule has 3 nitrogen and oxygen atoms in total. The molecule has 3 heteroatoms. The Morgan fingerprint density at radius 1 is 1.29 bits per heavy atom. The van der Waals surface area contributed by atoms with Gasteiger partial charge in [0.15, 0.2) is 0 Å². The molecule has 2 aliphatic rings. The highest BCUT2D eigenvalue weighted by Crippen LogP contribution is 2.26. The van der Waals surface area contributed by atoms with Crippen LogP contribution >= 0.6 is 0 Å². The fourth-order valence-electron chi connectivity index (χ4n) is 3.38. The third kappa shape index (κ3) is 3.21. The van der Waals surface area contributed by atoms with Crippen LogP contribution in [0.25, 0.3) is 0 Å². The summed E-state index contributed by atoms with van der Waals surface area (Å²) in [7, 11) is 2.22. The SMILES string of the molecule is CC1CN(C)C(C)CC1NCC1CCCC1O. The molecule has 0 aromatic heterocycles. The van der Waals surface area contributed by atoms with E-state index in [0.29, 0.717) is 18.0 Å². The lowest BCUT2D eigenvalue weighted by molar-refractivity contribution is 0.102. The Bertz CT molecular complexity index is 246. The number of likely N-dealkylation sites (tertiary alicyclic amines) is 1. The minimum absolute atomic E-state index is 0.0542. The van der Waals surface area contributed by atoms with Crippen LogP contribution in [-0.4, -0.2) is 48.3 Å². The molecule has 2 rings (SSSR count). The second-order valence-corrected chi connectivity index (χ2v) is 6.27. The molecule has 100 valence electrons. The Morgan fingerprint density at radius 2 is 2.06 bits per heavy atom. The number of nitrogens with one attached hydrogen (secondary N) is 1. The number of hydrogen-bond donors (Lipinski definition) is 2. The van der Waals surface area contributed by atoms with E-state index in [-0.39, 0.29) is 6.10 Å². The standard InChI is InChI=1S/C14H28N2O/c1-10-9-16(3)11(2)7-13(10)15-8-12-5-4-6-14(12)17/h10-15,17H,4-9H2,1-3H3. The zero-order chi connectivity index (χ0) is 12.4. The van der Waals surface area contributed by atoms with Gasteiger partial charge in [-0.15, -0.1) is 0 Å². The number of aliphatic hydroxyl groups excluding tert-OH is 1. The molecular weight excluding hydrogens is 212 g/mol. The molecule has 2 N–H and O–H groups in total. The van der Waals surface area contributed by atoms with Crippen molar-refractivity contribution in [2.45, 2.75) is 57.7 Å².